The molecular weight excluding hydrogens is 206 g/mol. The Hall–Kier alpha value is -0.450. The zero-order valence-corrected chi connectivity index (χ0v) is 10.3. The van der Waals surface area contributed by atoms with Crippen LogP contribution in [0.2, 0.25) is 0 Å². The molecule has 1 saturated heterocycles. The van der Waals surface area contributed by atoms with Crippen molar-refractivity contribution in [3.8, 4) is 0 Å². The van der Waals surface area contributed by atoms with Crippen molar-refractivity contribution < 1.29 is 0 Å². The van der Waals surface area contributed by atoms with Gasteiger partial charge in [-0.05, 0) is 39.9 Å². The van der Waals surface area contributed by atoms with Crippen LogP contribution in [0.1, 0.15) is 23.5 Å². The van der Waals surface area contributed by atoms with Gasteiger partial charge in [0.2, 0.25) is 0 Å². The summed E-state index contributed by atoms with van der Waals surface area (Å²) in [5.74, 6) is 0. The molecule has 1 aromatic rings. The highest BCUT2D eigenvalue weighted by Gasteiger charge is 2.15. The fourth-order valence-electron chi connectivity index (χ4n) is 1.95. The van der Waals surface area contributed by atoms with Crippen LogP contribution in [0.5, 0.6) is 0 Å². The van der Waals surface area contributed by atoms with E-state index < -0.39 is 0 Å². The first-order valence-corrected chi connectivity index (χ1v) is 6.45. The van der Waals surface area contributed by atoms with Gasteiger partial charge in [0.15, 0.2) is 0 Å². The molecule has 0 saturated carbocycles. The molecule has 15 heavy (non-hydrogen) atoms. The van der Waals surface area contributed by atoms with Crippen molar-refractivity contribution >= 4 is 11.3 Å². The van der Waals surface area contributed by atoms with Crippen molar-refractivity contribution in [3.05, 3.63) is 16.1 Å². The standard InChI is InChI=1S/C11H19N3S/c1-9-13-11(8-15-9)7-12-10-3-5-14(2)6-4-10/h8,10,12H,3-7H2,1-2H3. The number of piperidine rings is 1. The maximum atomic E-state index is 4.46. The van der Waals surface area contributed by atoms with E-state index in [4.69, 9.17) is 0 Å². The highest BCUT2D eigenvalue weighted by atomic mass is 32.1. The molecule has 3 nitrogen and oxygen atoms in total. The van der Waals surface area contributed by atoms with E-state index in [0.29, 0.717) is 6.04 Å². The van der Waals surface area contributed by atoms with E-state index in [2.05, 4.69) is 34.6 Å². The maximum Gasteiger partial charge on any atom is 0.0897 e. The van der Waals surface area contributed by atoms with E-state index >= 15 is 0 Å². The van der Waals surface area contributed by atoms with E-state index in [-0.39, 0.29) is 0 Å². The molecule has 1 aromatic heterocycles. The smallest absolute Gasteiger partial charge is 0.0897 e. The Morgan fingerprint density at radius 1 is 1.53 bits per heavy atom. The summed E-state index contributed by atoms with van der Waals surface area (Å²) in [4.78, 5) is 6.85. The van der Waals surface area contributed by atoms with E-state index in [1.54, 1.807) is 11.3 Å². The van der Waals surface area contributed by atoms with Crippen molar-refractivity contribution in [1.29, 1.82) is 0 Å². The summed E-state index contributed by atoms with van der Waals surface area (Å²) in [5, 5.41) is 6.90. The monoisotopic (exact) mass is 225 g/mol. The van der Waals surface area contributed by atoms with Gasteiger partial charge >= 0.3 is 0 Å². The Bertz CT molecular complexity index is 303. The molecule has 1 aliphatic heterocycles. The van der Waals surface area contributed by atoms with Crippen molar-refractivity contribution in [2.45, 2.75) is 32.4 Å². The summed E-state index contributed by atoms with van der Waals surface area (Å²) in [7, 11) is 2.19. The minimum Gasteiger partial charge on any atom is -0.308 e. The Labute approximate surface area is 95.5 Å². The number of rotatable bonds is 3. The Kier molecular flexibility index (Phi) is 3.72. The second kappa shape index (κ2) is 5.05. The molecule has 1 fully saturated rings. The highest BCUT2D eigenvalue weighted by molar-refractivity contribution is 7.09. The van der Waals surface area contributed by atoms with Gasteiger partial charge in [-0.25, -0.2) is 4.98 Å². The summed E-state index contributed by atoms with van der Waals surface area (Å²) in [6.07, 6.45) is 2.53. The zero-order chi connectivity index (χ0) is 10.7. The van der Waals surface area contributed by atoms with Crippen LogP contribution >= 0.6 is 11.3 Å². The second-order valence-electron chi connectivity index (χ2n) is 4.32. The van der Waals surface area contributed by atoms with Crippen molar-refractivity contribution in [1.82, 2.24) is 15.2 Å². The van der Waals surface area contributed by atoms with Gasteiger partial charge < -0.3 is 10.2 Å². The minimum absolute atomic E-state index is 0.684. The fourth-order valence-corrected chi connectivity index (χ4v) is 2.56. The minimum atomic E-state index is 0.684. The average molecular weight is 225 g/mol. The van der Waals surface area contributed by atoms with Crippen LogP contribution < -0.4 is 5.32 Å². The van der Waals surface area contributed by atoms with Gasteiger partial charge in [0.25, 0.3) is 0 Å². The van der Waals surface area contributed by atoms with Gasteiger partial charge in [-0.1, -0.05) is 0 Å². The lowest BCUT2D eigenvalue weighted by Gasteiger charge is -2.29. The Morgan fingerprint density at radius 2 is 2.27 bits per heavy atom. The van der Waals surface area contributed by atoms with Gasteiger partial charge in [0.1, 0.15) is 0 Å². The maximum absolute atomic E-state index is 4.46. The molecule has 1 aliphatic rings. The van der Waals surface area contributed by atoms with E-state index in [9.17, 15) is 0 Å². The third kappa shape index (κ3) is 3.26. The number of aryl methyl sites for hydroxylation is 1. The Balaban J connectivity index is 1.74. The summed E-state index contributed by atoms with van der Waals surface area (Å²) < 4.78 is 0. The highest BCUT2D eigenvalue weighted by Crippen LogP contribution is 2.11. The number of likely N-dealkylation sites (tertiary alicyclic amines) is 1. The van der Waals surface area contributed by atoms with E-state index in [1.165, 1.54) is 31.6 Å². The number of nitrogens with one attached hydrogen (secondary N) is 1. The molecule has 0 spiro atoms. The summed E-state index contributed by atoms with van der Waals surface area (Å²) in [6.45, 7) is 5.42. The van der Waals surface area contributed by atoms with Crippen molar-refractivity contribution in [2.24, 2.45) is 0 Å². The average Bonchev–Trinajstić information content (AvgIpc) is 2.64. The molecule has 0 unspecified atom stereocenters. The first-order chi connectivity index (χ1) is 7.24. The topological polar surface area (TPSA) is 28.2 Å². The summed E-state index contributed by atoms with van der Waals surface area (Å²) in [6, 6.07) is 0.684. The first kappa shape index (κ1) is 11.0. The molecule has 0 aliphatic carbocycles. The van der Waals surface area contributed by atoms with Gasteiger partial charge in [-0.2, -0.15) is 0 Å². The summed E-state index contributed by atoms with van der Waals surface area (Å²) in [5.41, 5.74) is 1.19. The van der Waals surface area contributed by atoms with Crippen LogP contribution in [0, 0.1) is 6.92 Å². The summed E-state index contributed by atoms with van der Waals surface area (Å²) >= 11 is 1.73. The predicted octanol–water partition coefficient (Wildman–Crippen LogP) is 1.64. The number of hydrogen-bond acceptors (Lipinski definition) is 4. The lowest BCUT2D eigenvalue weighted by Crippen LogP contribution is -2.40. The third-order valence-electron chi connectivity index (χ3n) is 2.96. The molecule has 1 N–H and O–H groups in total. The number of aromatic nitrogens is 1. The largest absolute Gasteiger partial charge is 0.308 e. The fraction of sp³-hybridized carbons (Fsp3) is 0.727. The van der Waals surface area contributed by atoms with Crippen molar-refractivity contribution in [3.63, 3.8) is 0 Å². The number of thiazole rings is 1. The quantitative estimate of drug-likeness (QED) is 0.847. The van der Waals surface area contributed by atoms with Gasteiger partial charge in [0.05, 0.1) is 10.7 Å². The van der Waals surface area contributed by atoms with Crippen LogP contribution in [0.25, 0.3) is 0 Å². The molecule has 4 heteroatoms. The van der Waals surface area contributed by atoms with Crippen LogP contribution in [0.15, 0.2) is 5.38 Å². The van der Waals surface area contributed by atoms with E-state index in [1.807, 2.05) is 0 Å². The molecule has 0 radical (unpaired) electrons. The first-order valence-electron chi connectivity index (χ1n) is 5.57. The lowest BCUT2D eigenvalue weighted by atomic mass is 10.1. The number of nitrogens with zero attached hydrogens (tertiary/aromatic N) is 2. The molecule has 0 atom stereocenters. The van der Waals surface area contributed by atoms with Crippen LogP contribution in [-0.4, -0.2) is 36.1 Å². The zero-order valence-electron chi connectivity index (χ0n) is 9.49. The van der Waals surface area contributed by atoms with Crippen molar-refractivity contribution in [2.75, 3.05) is 20.1 Å². The van der Waals surface area contributed by atoms with Gasteiger partial charge in [0, 0.05) is 18.0 Å². The third-order valence-corrected chi connectivity index (χ3v) is 3.78. The second-order valence-corrected chi connectivity index (χ2v) is 5.38. The molecule has 84 valence electrons. The van der Waals surface area contributed by atoms with Gasteiger partial charge in [-0.3, -0.25) is 0 Å². The van der Waals surface area contributed by atoms with Crippen LogP contribution in [0.4, 0.5) is 0 Å². The molecule has 0 amide bonds. The van der Waals surface area contributed by atoms with E-state index in [0.717, 1.165) is 11.6 Å². The molecule has 0 aromatic carbocycles. The molecule has 2 rings (SSSR count). The molecular formula is C11H19N3S. The SMILES string of the molecule is Cc1nc(CNC2CCN(C)CC2)cs1. The van der Waals surface area contributed by atoms with Crippen LogP contribution in [0.3, 0.4) is 0 Å². The van der Waals surface area contributed by atoms with Gasteiger partial charge in [-0.15, -0.1) is 11.3 Å². The number of hydrogen-bond donors (Lipinski definition) is 1. The lowest BCUT2D eigenvalue weighted by molar-refractivity contribution is 0.234. The normalized spacial score (nSPS) is 19.6. The molecule has 2 heterocycles. The Morgan fingerprint density at radius 3 is 2.87 bits per heavy atom. The van der Waals surface area contributed by atoms with Crippen LogP contribution in [-0.2, 0) is 6.54 Å². The predicted molar refractivity (Wildman–Crippen MR) is 64.2 cm³/mol. The molecule has 0 bridgehead atoms.